The van der Waals surface area contributed by atoms with Crippen molar-refractivity contribution in [2.75, 3.05) is 40.9 Å². The van der Waals surface area contributed by atoms with E-state index in [4.69, 9.17) is 9.05 Å². The molecule has 0 rings (SSSR count). The summed E-state index contributed by atoms with van der Waals surface area (Å²) in [6.07, 6.45) is 47.0. The maximum Gasteiger partial charge on any atom is 0.268 e. The zero-order valence-electron chi connectivity index (χ0n) is 39.5. The Morgan fingerprint density at radius 2 is 0.845 bits per heavy atom. The van der Waals surface area contributed by atoms with Gasteiger partial charge in [-0.05, 0) is 12.8 Å². The van der Waals surface area contributed by atoms with E-state index in [-0.39, 0.29) is 19.1 Å². The van der Waals surface area contributed by atoms with Crippen LogP contribution in [0.4, 0.5) is 0 Å². The number of nitrogens with zero attached hydrogens (tertiary/aromatic N) is 1. The second-order valence-electron chi connectivity index (χ2n) is 18.9. The normalized spacial score (nSPS) is 14.1. The van der Waals surface area contributed by atoms with Crippen molar-refractivity contribution < 1.29 is 32.9 Å². The number of carbonyl (C=O) groups excluding carboxylic acids is 1. The second kappa shape index (κ2) is 41.8. The van der Waals surface area contributed by atoms with Crippen molar-refractivity contribution >= 4 is 13.7 Å². The minimum atomic E-state index is -4.56. The molecule has 0 aliphatic carbocycles. The highest BCUT2D eigenvalue weighted by atomic mass is 31.2. The molecule has 0 heterocycles. The van der Waals surface area contributed by atoms with E-state index >= 15 is 0 Å². The van der Waals surface area contributed by atoms with Crippen LogP contribution in [-0.2, 0) is 18.4 Å². The molecule has 1 amide bonds. The topological polar surface area (TPSA) is 108 Å². The highest BCUT2D eigenvalue weighted by Crippen LogP contribution is 2.38. The molecule has 0 aromatic rings. The second-order valence-corrected chi connectivity index (χ2v) is 20.3. The van der Waals surface area contributed by atoms with Gasteiger partial charge in [-0.15, -0.1) is 0 Å². The van der Waals surface area contributed by atoms with Crippen LogP contribution in [0.5, 0.6) is 0 Å². The molecule has 0 aliphatic heterocycles. The van der Waals surface area contributed by atoms with E-state index in [2.05, 4.69) is 19.2 Å². The Bertz CT molecular complexity index is 916. The number of phosphoric ester groups is 1. The summed E-state index contributed by atoms with van der Waals surface area (Å²) in [6.45, 7) is 4.74. The van der Waals surface area contributed by atoms with Gasteiger partial charge >= 0.3 is 0 Å². The van der Waals surface area contributed by atoms with Crippen molar-refractivity contribution in [3.8, 4) is 0 Å². The highest BCUT2D eigenvalue weighted by Gasteiger charge is 2.24. The Hall–Kier alpha value is -0.500. The van der Waals surface area contributed by atoms with Gasteiger partial charge in [-0.2, -0.15) is 0 Å². The van der Waals surface area contributed by atoms with E-state index in [0.717, 1.165) is 38.5 Å². The zero-order chi connectivity index (χ0) is 42.8. The number of carbonyl (C=O) groups is 1. The number of phosphoric acid groups is 1. The number of likely N-dealkylation sites (N-methyl/N-ethyl adjacent to an activating group) is 1. The van der Waals surface area contributed by atoms with Crippen molar-refractivity contribution in [2.24, 2.45) is 0 Å². The number of hydrogen-bond acceptors (Lipinski definition) is 6. The maximum atomic E-state index is 12.9. The molecule has 1 unspecified atom stereocenters. The van der Waals surface area contributed by atoms with Crippen LogP contribution < -0.4 is 10.2 Å². The average Bonchev–Trinajstić information content (AvgIpc) is 3.17. The smallest absolute Gasteiger partial charge is 0.268 e. The van der Waals surface area contributed by atoms with Gasteiger partial charge in [0.25, 0.3) is 7.82 Å². The summed E-state index contributed by atoms with van der Waals surface area (Å²) in [5, 5.41) is 13.9. The lowest BCUT2D eigenvalue weighted by Crippen LogP contribution is -2.46. The van der Waals surface area contributed by atoms with Gasteiger partial charge in [0.05, 0.1) is 39.9 Å². The van der Waals surface area contributed by atoms with Gasteiger partial charge in [-0.1, -0.05) is 239 Å². The summed E-state index contributed by atoms with van der Waals surface area (Å²) in [4.78, 5) is 25.4. The Labute approximate surface area is 361 Å². The standard InChI is InChI=1S/C49H101N2O6P/c1-6-8-10-12-14-16-18-19-20-21-22-23-24-25-26-27-28-29-30-31-33-35-37-39-41-43-49(53)50-47(46-57-58(54,55)56-45-44-51(3,4)5)48(52)42-40-38-36-34-32-17-15-13-11-9-7-2/h47-48,52H,6-46H2,1-5H3,(H-,50,53,54,55)/t47-,48+/m0/s1. The summed E-state index contributed by atoms with van der Waals surface area (Å²) in [7, 11) is 1.32. The molecule has 0 aromatic heterocycles. The third-order valence-electron chi connectivity index (χ3n) is 11.8. The van der Waals surface area contributed by atoms with Crippen LogP contribution in [0.15, 0.2) is 0 Å². The molecule has 0 bridgehead atoms. The summed E-state index contributed by atoms with van der Waals surface area (Å²) in [6, 6.07) is -0.792. The summed E-state index contributed by atoms with van der Waals surface area (Å²) in [5.74, 6) is -0.160. The lowest BCUT2D eigenvalue weighted by atomic mass is 10.0. The molecular formula is C49H101N2O6P. The van der Waals surface area contributed by atoms with Gasteiger partial charge < -0.3 is 28.8 Å². The van der Waals surface area contributed by atoms with E-state index in [0.29, 0.717) is 23.9 Å². The minimum absolute atomic E-state index is 0.0161. The monoisotopic (exact) mass is 845 g/mol. The number of quaternary nitrogens is 1. The van der Waals surface area contributed by atoms with Crippen LogP contribution in [0.1, 0.15) is 258 Å². The third kappa shape index (κ3) is 43.6. The zero-order valence-corrected chi connectivity index (χ0v) is 40.4. The molecule has 348 valence electrons. The van der Waals surface area contributed by atoms with Gasteiger partial charge in [0.1, 0.15) is 13.2 Å². The number of aliphatic hydroxyl groups is 1. The number of nitrogens with one attached hydrogen (secondary N) is 1. The molecule has 0 aliphatic rings. The number of hydrogen-bond donors (Lipinski definition) is 2. The first-order chi connectivity index (χ1) is 28.0. The Kier molecular flexibility index (Phi) is 41.5. The molecule has 0 saturated heterocycles. The van der Waals surface area contributed by atoms with Crippen molar-refractivity contribution in [1.29, 1.82) is 0 Å². The predicted octanol–water partition coefficient (Wildman–Crippen LogP) is 13.9. The van der Waals surface area contributed by atoms with Crippen LogP contribution in [-0.4, -0.2) is 68.5 Å². The quantitative estimate of drug-likeness (QED) is 0.0359. The molecule has 0 spiro atoms. The lowest BCUT2D eigenvalue weighted by molar-refractivity contribution is -0.870. The molecule has 8 nitrogen and oxygen atoms in total. The van der Waals surface area contributed by atoms with Gasteiger partial charge in [0.2, 0.25) is 5.91 Å². The number of unbranched alkanes of at least 4 members (excludes halogenated alkanes) is 34. The SMILES string of the molecule is CCCCCCCCCCCCCCCCCCCCCCCCCCCC(=O)N[C@@H](COP(=O)([O-])OCC[N+](C)(C)C)[C@H](O)CCCCCCCCCCCCC. The molecule has 3 atom stereocenters. The van der Waals surface area contributed by atoms with Gasteiger partial charge in [-0.3, -0.25) is 9.36 Å². The van der Waals surface area contributed by atoms with E-state index in [1.54, 1.807) is 0 Å². The summed E-state index contributed by atoms with van der Waals surface area (Å²) < 4.78 is 23.3. The van der Waals surface area contributed by atoms with E-state index in [1.807, 2.05) is 21.1 Å². The van der Waals surface area contributed by atoms with Crippen molar-refractivity contribution in [1.82, 2.24) is 5.32 Å². The number of rotatable bonds is 47. The van der Waals surface area contributed by atoms with Crippen molar-refractivity contribution in [3.63, 3.8) is 0 Å². The Balaban J connectivity index is 4.07. The Morgan fingerprint density at radius 3 is 1.17 bits per heavy atom. The number of amides is 1. The average molecular weight is 845 g/mol. The van der Waals surface area contributed by atoms with E-state index in [1.165, 1.54) is 193 Å². The van der Waals surface area contributed by atoms with Gasteiger partial charge in [-0.25, -0.2) is 0 Å². The fourth-order valence-corrected chi connectivity index (χ4v) is 8.53. The van der Waals surface area contributed by atoms with Gasteiger partial charge in [0, 0.05) is 6.42 Å². The largest absolute Gasteiger partial charge is 0.756 e. The van der Waals surface area contributed by atoms with Crippen molar-refractivity contribution in [2.45, 2.75) is 270 Å². The molecule has 2 N–H and O–H groups in total. The predicted molar refractivity (Wildman–Crippen MR) is 247 cm³/mol. The summed E-state index contributed by atoms with van der Waals surface area (Å²) >= 11 is 0. The first-order valence-electron chi connectivity index (χ1n) is 25.4. The molecule has 0 saturated carbocycles. The van der Waals surface area contributed by atoms with Crippen LogP contribution in [0, 0.1) is 0 Å². The van der Waals surface area contributed by atoms with E-state index < -0.39 is 20.0 Å². The highest BCUT2D eigenvalue weighted by molar-refractivity contribution is 7.45. The third-order valence-corrected chi connectivity index (χ3v) is 12.8. The molecule has 0 aromatic carbocycles. The number of aliphatic hydroxyl groups excluding tert-OH is 1. The molecule has 0 fully saturated rings. The molecule has 9 heteroatoms. The minimum Gasteiger partial charge on any atom is -0.756 e. The lowest BCUT2D eigenvalue weighted by Gasteiger charge is -2.30. The van der Waals surface area contributed by atoms with Crippen LogP contribution in [0.2, 0.25) is 0 Å². The van der Waals surface area contributed by atoms with Crippen LogP contribution >= 0.6 is 7.82 Å². The van der Waals surface area contributed by atoms with Crippen LogP contribution in [0.3, 0.4) is 0 Å². The fraction of sp³-hybridized carbons (Fsp3) is 0.980. The van der Waals surface area contributed by atoms with E-state index in [9.17, 15) is 19.4 Å². The molecule has 58 heavy (non-hydrogen) atoms. The van der Waals surface area contributed by atoms with Gasteiger partial charge in [0.15, 0.2) is 0 Å². The Morgan fingerprint density at radius 1 is 0.534 bits per heavy atom. The van der Waals surface area contributed by atoms with Crippen LogP contribution in [0.25, 0.3) is 0 Å². The maximum absolute atomic E-state index is 12.9. The first-order valence-corrected chi connectivity index (χ1v) is 26.8. The molecule has 0 radical (unpaired) electrons. The van der Waals surface area contributed by atoms with Crippen molar-refractivity contribution in [3.05, 3.63) is 0 Å². The fourth-order valence-electron chi connectivity index (χ4n) is 7.81. The molecular weight excluding hydrogens is 744 g/mol. The first kappa shape index (κ1) is 57.5. The summed E-state index contributed by atoms with van der Waals surface area (Å²) in [5.41, 5.74) is 0.